The van der Waals surface area contributed by atoms with Gasteiger partial charge in [-0.3, -0.25) is 14.6 Å². The number of carbonyl (C=O) groups is 2. The second-order valence-electron chi connectivity index (χ2n) is 6.97. The Morgan fingerprint density at radius 3 is 2.62 bits per heavy atom. The summed E-state index contributed by atoms with van der Waals surface area (Å²) in [5.74, 6) is -1.14. The molecule has 2 heterocycles. The quantitative estimate of drug-likeness (QED) is 0.670. The molecule has 2 amide bonds. The molecule has 0 saturated carbocycles. The molecule has 3 rings (SSSR count). The lowest BCUT2D eigenvalue weighted by molar-refractivity contribution is -0.141. The summed E-state index contributed by atoms with van der Waals surface area (Å²) in [6.45, 7) is 2.38. The number of amides is 2. The van der Waals surface area contributed by atoms with Crippen molar-refractivity contribution in [3.63, 3.8) is 0 Å². The monoisotopic (exact) mass is 449 g/mol. The predicted molar refractivity (Wildman–Crippen MR) is 111 cm³/mol. The fourth-order valence-electron chi connectivity index (χ4n) is 3.51. The van der Waals surface area contributed by atoms with Gasteiger partial charge >= 0.3 is 6.18 Å². The number of alkyl halides is 3. The van der Waals surface area contributed by atoms with Crippen LogP contribution in [0, 0.1) is 0 Å². The maximum atomic E-state index is 13.3. The molecule has 7 nitrogen and oxygen atoms in total. The van der Waals surface area contributed by atoms with Crippen molar-refractivity contribution in [2.45, 2.75) is 25.6 Å². The Kier molecular flexibility index (Phi) is 6.71. The van der Waals surface area contributed by atoms with Crippen molar-refractivity contribution in [1.82, 2.24) is 9.88 Å². The third-order valence-electron chi connectivity index (χ3n) is 5.03. The van der Waals surface area contributed by atoms with Crippen LogP contribution in [0.15, 0.2) is 42.6 Å². The van der Waals surface area contributed by atoms with Gasteiger partial charge in [0.15, 0.2) is 17.2 Å². The molecule has 0 saturated heterocycles. The van der Waals surface area contributed by atoms with E-state index in [1.165, 1.54) is 32.4 Å². The Labute approximate surface area is 182 Å². The first kappa shape index (κ1) is 23.1. The molecular weight excluding hydrogens is 427 g/mol. The van der Waals surface area contributed by atoms with Crippen LogP contribution in [0.3, 0.4) is 0 Å². The number of benzene rings is 1. The van der Waals surface area contributed by atoms with Gasteiger partial charge in [0.25, 0.3) is 11.8 Å². The molecule has 0 bridgehead atoms. The molecule has 0 aliphatic carbocycles. The Morgan fingerprint density at radius 1 is 1.25 bits per heavy atom. The van der Waals surface area contributed by atoms with Gasteiger partial charge in [-0.2, -0.15) is 13.2 Å². The first-order chi connectivity index (χ1) is 15.2. The molecule has 0 fully saturated rings. The standard InChI is InChI=1S/C22H22F3N3O4/c1-4-14-7-6-10-28(14)21(30)13-11-16(18(32-3)17(12-13)31-2)27-20(29)15-8-5-9-26-19(15)22(23,24)25/h5-9,11-12,14H,4,10H2,1-3H3,(H,27,29). The summed E-state index contributed by atoms with van der Waals surface area (Å²) in [4.78, 5) is 30.8. The number of nitrogens with one attached hydrogen (secondary N) is 1. The van der Waals surface area contributed by atoms with E-state index >= 15 is 0 Å². The summed E-state index contributed by atoms with van der Waals surface area (Å²) in [5.41, 5.74) is -1.78. The Morgan fingerprint density at radius 2 is 2.00 bits per heavy atom. The number of methoxy groups -OCH3 is 2. The van der Waals surface area contributed by atoms with Gasteiger partial charge in [-0.1, -0.05) is 19.1 Å². The van der Waals surface area contributed by atoms with Crippen molar-refractivity contribution in [2.75, 3.05) is 26.1 Å². The smallest absolute Gasteiger partial charge is 0.434 e. The third kappa shape index (κ3) is 4.53. The SMILES string of the molecule is CCC1C=CCN1C(=O)c1cc(NC(=O)c2cccnc2C(F)(F)F)c(OC)c(OC)c1. The van der Waals surface area contributed by atoms with Gasteiger partial charge in [0.1, 0.15) is 0 Å². The van der Waals surface area contributed by atoms with Crippen molar-refractivity contribution in [2.24, 2.45) is 0 Å². The first-order valence-electron chi connectivity index (χ1n) is 9.78. The minimum absolute atomic E-state index is 0.00242. The Bertz CT molecular complexity index is 1050. The first-order valence-corrected chi connectivity index (χ1v) is 9.78. The highest BCUT2D eigenvalue weighted by molar-refractivity contribution is 6.07. The third-order valence-corrected chi connectivity index (χ3v) is 5.03. The van der Waals surface area contributed by atoms with Crippen LogP contribution in [0.5, 0.6) is 11.5 Å². The number of hydrogen-bond donors (Lipinski definition) is 1. The number of halogens is 3. The topological polar surface area (TPSA) is 80.8 Å². The number of rotatable bonds is 6. The van der Waals surface area contributed by atoms with Gasteiger partial charge in [0.05, 0.1) is 31.5 Å². The van der Waals surface area contributed by atoms with Crippen molar-refractivity contribution >= 4 is 17.5 Å². The zero-order valence-electron chi connectivity index (χ0n) is 17.7. The molecule has 1 atom stereocenters. The van der Waals surface area contributed by atoms with Crippen LogP contribution in [0.1, 0.15) is 39.8 Å². The predicted octanol–water partition coefficient (Wildman–Crippen LogP) is 4.16. The van der Waals surface area contributed by atoms with E-state index in [9.17, 15) is 22.8 Å². The molecule has 170 valence electrons. The van der Waals surface area contributed by atoms with Gasteiger partial charge in [-0.05, 0) is 30.7 Å². The van der Waals surface area contributed by atoms with Crippen LogP contribution in [-0.4, -0.2) is 48.5 Å². The van der Waals surface area contributed by atoms with Crippen molar-refractivity contribution in [3.8, 4) is 11.5 Å². The van der Waals surface area contributed by atoms with Crippen molar-refractivity contribution in [3.05, 3.63) is 59.4 Å². The molecule has 0 spiro atoms. The van der Waals surface area contributed by atoms with E-state index in [1.54, 1.807) is 4.90 Å². The van der Waals surface area contributed by atoms with Gasteiger partial charge < -0.3 is 19.7 Å². The summed E-state index contributed by atoms with van der Waals surface area (Å²) in [6.07, 6.45) is 0.682. The summed E-state index contributed by atoms with van der Waals surface area (Å²) >= 11 is 0. The minimum atomic E-state index is -4.81. The number of hydrogen-bond acceptors (Lipinski definition) is 5. The molecule has 1 aromatic heterocycles. The van der Waals surface area contributed by atoms with E-state index < -0.39 is 23.3 Å². The van der Waals surface area contributed by atoms with Gasteiger partial charge in [0, 0.05) is 18.3 Å². The highest BCUT2D eigenvalue weighted by Crippen LogP contribution is 2.38. The molecule has 1 aliphatic rings. The molecule has 32 heavy (non-hydrogen) atoms. The summed E-state index contributed by atoms with van der Waals surface area (Å²) < 4.78 is 50.4. The fourth-order valence-corrected chi connectivity index (χ4v) is 3.51. The van der Waals surface area contributed by atoms with Crippen molar-refractivity contribution < 1.29 is 32.2 Å². The van der Waals surface area contributed by atoms with Crippen LogP contribution in [0.25, 0.3) is 0 Å². The lowest BCUT2D eigenvalue weighted by Crippen LogP contribution is -2.35. The van der Waals surface area contributed by atoms with E-state index in [0.717, 1.165) is 18.7 Å². The molecule has 0 radical (unpaired) electrons. The molecule has 1 aliphatic heterocycles. The highest BCUT2D eigenvalue weighted by atomic mass is 19.4. The number of pyridine rings is 1. The Hall–Kier alpha value is -3.56. The number of aromatic nitrogens is 1. The van der Waals surface area contributed by atoms with E-state index in [0.29, 0.717) is 6.54 Å². The van der Waals surface area contributed by atoms with E-state index in [-0.39, 0.29) is 34.7 Å². The summed E-state index contributed by atoms with van der Waals surface area (Å²) in [5, 5.41) is 2.41. The lowest BCUT2D eigenvalue weighted by atomic mass is 10.1. The zero-order valence-corrected chi connectivity index (χ0v) is 17.7. The second-order valence-corrected chi connectivity index (χ2v) is 6.97. The maximum absolute atomic E-state index is 13.3. The maximum Gasteiger partial charge on any atom is 0.434 e. The molecule has 1 unspecified atom stereocenters. The van der Waals surface area contributed by atoms with Crippen LogP contribution >= 0.6 is 0 Å². The number of anilines is 1. The van der Waals surface area contributed by atoms with Crippen LogP contribution in [0.2, 0.25) is 0 Å². The number of carbonyl (C=O) groups excluding carboxylic acids is 2. The number of ether oxygens (including phenoxy) is 2. The zero-order chi connectivity index (χ0) is 23.5. The molecule has 1 aromatic carbocycles. The van der Waals surface area contributed by atoms with Crippen molar-refractivity contribution in [1.29, 1.82) is 0 Å². The van der Waals surface area contributed by atoms with Gasteiger partial charge in [0.2, 0.25) is 0 Å². The largest absolute Gasteiger partial charge is 0.493 e. The van der Waals surface area contributed by atoms with Gasteiger partial charge in [-0.25, -0.2) is 0 Å². The lowest BCUT2D eigenvalue weighted by Gasteiger charge is -2.24. The molecule has 10 heteroatoms. The summed E-state index contributed by atoms with van der Waals surface area (Å²) in [6, 6.07) is 5.00. The molecular formula is C22H22F3N3O4. The molecule has 2 aromatic rings. The highest BCUT2D eigenvalue weighted by Gasteiger charge is 2.37. The van der Waals surface area contributed by atoms with Crippen LogP contribution in [0.4, 0.5) is 18.9 Å². The summed E-state index contributed by atoms with van der Waals surface area (Å²) in [7, 11) is 2.67. The van der Waals surface area contributed by atoms with E-state index in [4.69, 9.17) is 9.47 Å². The van der Waals surface area contributed by atoms with Crippen LogP contribution < -0.4 is 14.8 Å². The average Bonchev–Trinajstić information content (AvgIpc) is 3.26. The molecule has 1 N–H and O–H groups in total. The van der Waals surface area contributed by atoms with E-state index in [2.05, 4.69) is 10.3 Å². The fraction of sp³-hybridized carbons (Fsp3) is 0.318. The Balaban J connectivity index is 2.00. The number of nitrogens with zero attached hydrogens (tertiary/aromatic N) is 2. The van der Waals surface area contributed by atoms with Crippen LogP contribution in [-0.2, 0) is 6.18 Å². The van der Waals surface area contributed by atoms with Gasteiger partial charge in [-0.15, -0.1) is 0 Å². The average molecular weight is 449 g/mol. The normalized spacial score (nSPS) is 15.6. The van der Waals surface area contributed by atoms with E-state index in [1.807, 2.05) is 19.1 Å². The minimum Gasteiger partial charge on any atom is -0.493 e. The second kappa shape index (κ2) is 9.29.